The number of nitrogens with zero attached hydrogens (tertiary/aromatic N) is 4. The van der Waals surface area contributed by atoms with E-state index in [1.165, 1.54) is 0 Å². The topological polar surface area (TPSA) is 97.3 Å². The van der Waals surface area contributed by atoms with E-state index in [4.69, 9.17) is 5.73 Å². The predicted octanol–water partition coefficient (Wildman–Crippen LogP) is 4.06. The Hall–Kier alpha value is -3.71. The molecule has 1 aromatic carbocycles. The van der Waals surface area contributed by atoms with E-state index in [-0.39, 0.29) is 5.91 Å². The van der Waals surface area contributed by atoms with Gasteiger partial charge in [-0.3, -0.25) is 4.79 Å². The Morgan fingerprint density at radius 2 is 1.84 bits per heavy atom. The number of nitrogens with two attached hydrogens (primary N) is 1. The quantitative estimate of drug-likeness (QED) is 0.512. The average Bonchev–Trinajstić information content (AvgIpc) is 3.37. The van der Waals surface area contributed by atoms with Crippen molar-refractivity contribution in [2.24, 2.45) is 7.05 Å². The molecule has 0 spiro atoms. The molecule has 3 N–H and O–H groups in total. The Kier molecular flexibility index (Phi) is 4.90. The van der Waals surface area contributed by atoms with E-state index in [2.05, 4.69) is 9.97 Å². The summed E-state index contributed by atoms with van der Waals surface area (Å²) in [5.74, 6) is 0.615. The van der Waals surface area contributed by atoms with Gasteiger partial charge in [0.05, 0.1) is 6.10 Å². The maximum Gasteiger partial charge on any atom is 0.227 e. The third kappa shape index (κ3) is 3.40. The van der Waals surface area contributed by atoms with Gasteiger partial charge in [-0.25, -0.2) is 9.97 Å². The van der Waals surface area contributed by atoms with Crippen LogP contribution < -0.4 is 10.6 Å². The summed E-state index contributed by atoms with van der Waals surface area (Å²) < 4.78 is 1.97. The van der Waals surface area contributed by atoms with Gasteiger partial charge in [0, 0.05) is 66.4 Å². The van der Waals surface area contributed by atoms with Crippen LogP contribution in [0.15, 0.2) is 55.0 Å². The van der Waals surface area contributed by atoms with Crippen LogP contribution >= 0.6 is 0 Å². The van der Waals surface area contributed by atoms with Gasteiger partial charge in [0.1, 0.15) is 11.5 Å². The van der Waals surface area contributed by atoms with E-state index < -0.39 is 6.10 Å². The Morgan fingerprint density at radius 1 is 1.06 bits per heavy atom. The molecule has 1 amide bonds. The Morgan fingerprint density at radius 3 is 2.53 bits per heavy atom. The molecule has 4 heterocycles. The number of aromatic nitrogens is 3. The van der Waals surface area contributed by atoms with Crippen LogP contribution in [0.1, 0.15) is 31.4 Å². The largest absolute Gasteiger partial charge is 0.389 e. The highest BCUT2D eigenvalue weighted by Crippen LogP contribution is 2.35. The molecule has 1 saturated heterocycles. The molecule has 5 rings (SSSR count). The van der Waals surface area contributed by atoms with Crippen LogP contribution in [0.5, 0.6) is 0 Å². The average molecular weight is 428 g/mol. The highest BCUT2D eigenvalue weighted by Gasteiger charge is 2.21. The van der Waals surface area contributed by atoms with Gasteiger partial charge in [0.2, 0.25) is 5.91 Å². The zero-order valence-electron chi connectivity index (χ0n) is 18.1. The monoisotopic (exact) mass is 427 g/mol. The van der Waals surface area contributed by atoms with Gasteiger partial charge >= 0.3 is 0 Å². The molecule has 0 radical (unpaired) electrons. The zero-order valence-corrected chi connectivity index (χ0v) is 18.1. The molecule has 1 aliphatic heterocycles. The first kappa shape index (κ1) is 20.2. The fourth-order valence-corrected chi connectivity index (χ4v) is 4.33. The summed E-state index contributed by atoms with van der Waals surface area (Å²) in [6, 6.07) is 11.9. The first-order valence-electron chi connectivity index (χ1n) is 10.7. The number of fused-ring (bicyclic) bond motifs is 1. The Bertz CT molecular complexity index is 1320. The molecular weight excluding hydrogens is 402 g/mol. The molecule has 7 heteroatoms. The minimum atomic E-state index is -0.596. The summed E-state index contributed by atoms with van der Waals surface area (Å²) in [4.78, 5) is 22.8. The minimum absolute atomic E-state index is 0.169. The summed E-state index contributed by atoms with van der Waals surface area (Å²) in [5, 5.41) is 10.9. The van der Waals surface area contributed by atoms with Gasteiger partial charge in [-0.2, -0.15) is 0 Å². The fourth-order valence-electron chi connectivity index (χ4n) is 4.33. The molecule has 1 aliphatic rings. The van der Waals surface area contributed by atoms with E-state index in [1.807, 2.05) is 59.1 Å². The van der Waals surface area contributed by atoms with Crippen molar-refractivity contribution in [3.63, 3.8) is 0 Å². The van der Waals surface area contributed by atoms with E-state index in [1.54, 1.807) is 19.3 Å². The van der Waals surface area contributed by atoms with E-state index in [0.717, 1.165) is 57.5 Å². The van der Waals surface area contributed by atoms with Crippen molar-refractivity contribution >= 4 is 28.4 Å². The third-order valence-electron chi connectivity index (χ3n) is 6.11. The number of aliphatic hydroxyl groups excluding tert-OH is 1. The second kappa shape index (κ2) is 7.76. The van der Waals surface area contributed by atoms with Crippen molar-refractivity contribution in [3.05, 3.63) is 60.6 Å². The molecule has 1 unspecified atom stereocenters. The van der Waals surface area contributed by atoms with Crippen molar-refractivity contribution in [2.45, 2.75) is 25.9 Å². The lowest BCUT2D eigenvalue weighted by atomic mass is 10.00. The van der Waals surface area contributed by atoms with Crippen molar-refractivity contribution in [1.29, 1.82) is 0 Å². The summed E-state index contributed by atoms with van der Waals surface area (Å²) in [6.45, 7) is 2.49. The number of amides is 1. The molecule has 0 aliphatic carbocycles. The van der Waals surface area contributed by atoms with Gasteiger partial charge in [0.25, 0.3) is 0 Å². The normalized spacial score (nSPS) is 15.0. The van der Waals surface area contributed by atoms with Crippen LogP contribution in [-0.4, -0.2) is 32.1 Å². The predicted molar refractivity (Wildman–Crippen MR) is 126 cm³/mol. The Balaban J connectivity index is 1.56. The SMILES string of the molecule is CC(O)c1cnc2c(c1)c(-c1cnc(N)c(-c3ccc(N4CCCC4=O)cc3)c1)cn2C. The van der Waals surface area contributed by atoms with Gasteiger partial charge < -0.3 is 20.3 Å². The Labute approximate surface area is 186 Å². The number of carbonyl (C=O) groups is 1. The lowest BCUT2D eigenvalue weighted by molar-refractivity contribution is -0.117. The smallest absolute Gasteiger partial charge is 0.227 e. The van der Waals surface area contributed by atoms with Gasteiger partial charge in [-0.15, -0.1) is 0 Å². The van der Waals surface area contributed by atoms with E-state index in [9.17, 15) is 9.90 Å². The lowest BCUT2D eigenvalue weighted by Gasteiger charge is -2.16. The molecule has 4 aromatic rings. The molecular formula is C25H25N5O2. The van der Waals surface area contributed by atoms with Crippen molar-refractivity contribution in [2.75, 3.05) is 17.2 Å². The minimum Gasteiger partial charge on any atom is -0.389 e. The first-order valence-corrected chi connectivity index (χ1v) is 10.7. The van der Waals surface area contributed by atoms with Gasteiger partial charge in [-0.05, 0) is 48.7 Å². The molecule has 1 atom stereocenters. The third-order valence-corrected chi connectivity index (χ3v) is 6.11. The zero-order chi connectivity index (χ0) is 22.4. The van der Waals surface area contributed by atoms with Crippen molar-refractivity contribution in [3.8, 4) is 22.3 Å². The maximum atomic E-state index is 12.0. The lowest BCUT2D eigenvalue weighted by Crippen LogP contribution is -2.23. The number of nitrogen functional groups attached to an aromatic ring is 1. The van der Waals surface area contributed by atoms with Crippen molar-refractivity contribution < 1.29 is 9.90 Å². The number of carbonyl (C=O) groups excluding carboxylic acids is 1. The summed E-state index contributed by atoms with van der Waals surface area (Å²) in [5.41, 5.74) is 12.4. The molecule has 0 bridgehead atoms. The fraction of sp³-hybridized carbons (Fsp3) is 0.240. The number of pyridine rings is 2. The molecule has 162 valence electrons. The number of benzene rings is 1. The molecule has 1 fully saturated rings. The van der Waals surface area contributed by atoms with Crippen LogP contribution in [0.4, 0.5) is 11.5 Å². The summed E-state index contributed by atoms with van der Waals surface area (Å²) in [6.07, 6.45) is 6.40. The van der Waals surface area contributed by atoms with Crippen LogP contribution in [0.3, 0.4) is 0 Å². The van der Waals surface area contributed by atoms with Crippen molar-refractivity contribution in [1.82, 2.24) is 14.5 Å². The number of aryl methyl sites for hydroxylation is 1. The summed E-state index contributed by atoms with van der Waals surface area (Å²) >= 11 is 0. The molecule has 3 aromatic heterocycles. The number of anilines is 2. The van der Waals surface area contributed by atoms with Crippen LogP contribution in [0.2, 0.25) is 0 Å². The van der Waals surface area contributed by atoms with Crippen LogP contribution in [-0.2, 0) is 11.8 Å². The molecule has 0 saturated carbocycles. The first-order chi connectivity index (χ1) is 15.4. The van der Waals surface area contributed by atoms with E-state index >= 15 is 0 Å². The highest BCUT2D eigenvalue weighted by molar-refractivity contribution is 5.97. The number of hydrogen-bond donors (Lipinski definition) is 2. The highest BCUT2D eigenvalue weighted by atomic mass is 16.3. The number of aliphatic hydroxyl groups is 1. The van der Waals surface area contributed by atoms with Crippen LogP contribution in [0.25, 0.3) is 33.3 Å². The van der Waals surface area contributed by atoms with Crippen LogP contribution in [0, 0.1) is 0 Å². The van der Waals surface area contributed by atoms with Gasteiger partial charge in [-0.1, -0.05) is 12.1 Å². The second-order valence-electron chi connectivity index (χ2n) is 8.32. The molecule has 32 heavy (non-hydrogen) atoms. The second-order valence-corrected chi connectivity index (χ2v) is 8.32. The van der Waals surface area contributed by atoms with Gasteiger partial charge in [0.15, 0.2) is 0 Å². The standard InChI is InChI=1S/C25H25N5O2/c1-15(31)17-10-21-22(14-29(2)25(21)28-12-17)18-11-20(24(26)27-13-18)16-5-7-19(8-6-16)30-9-3-4-23(30)32/h5-8,10-15,31H,3-4,9H2,1-2H3,(H2,26,27). The summed E-state index contributed by atoms with van der Waals surface area (Å²) in [7, 11) is 1.95. The number of rotatable bonds is 4. The van der Waals surface area contributed by atoms with E-state index in [0.29, 0.717) is 12.2 Å². The number of hydrogen-bond acceptors (Lipinski definition) is 5. The molecule has 7 nitrogen and oxygen atoms in total. The maximum absolute atomic E-state index is 12.0.